The molecule has 14 heavy (non-hydrogen) atoms. The molecule has 2 rings (SSSR count). The van der Waals surface area contributed by atoms with Crippen LogP contribution in [0.3, 0.4) is 0 Å². The lowest BCUT2D eigenvalue weighted by molar-refractivity contribution is -0.134. The van der Waals surface area contributed by atoms with E-state index in [-0.39, 0.29) is 5.41 Å². The van der Waals surface area contributed by atoms with Gasteiger partial charge in [-0.3, -0.25) is 0 Å². The number of hydrogen-bond donors (Lipinski definition) is 1. The molecule has 0 aromatic rings. The normalized spacial score (nSPS) is 36.1. The Balaban J connectivity index is 2.21. The molecule has 0 aromatic carbocycles. The maximum Gasteiger partial charge on any atom is 0.122 e. The minimum atomic E-state index is -0.663. The molecule has 2 saturated carbocycles. The standard InChI is InChI=1S/C12H20O2/c13-10-9-12(14)8-4-3-7-11(12)5-1-2-6-11/h10,14H,1-9H2. The molecule has 1 atom stereocenters. The summed E-state index contributed by atoms with van der Waals surface area (Å²) in [6.07, 6.45) is 10.3. The van der Waals surface area contributed by atoms with Gasteiger partial charge >= 0.3 is 0 Å². The van der Waals surface area contributed by atoms with Crippen molar-refractivity contribution >= 4 is 6.29 Å². The average Bonchev–Trinajstić information content (AvgIpc) is 2.62. The van der Waals surface area contributed by atoms with Crippen molar-refractivity contribution in [2.75, 3.05) is 0 Å². The molecule has 1 spiro atoms. The first-order chi connectivity index (χ1) is 6.72. The van der Waals surface area contributed by atoms with E-state index >= 15 is 0 Å². The Labute approximate surface area is 85.7 Å². The molecule has 2 nitrogen and oxygen atoms in total. The van der Waals surface area contributed by atoms with Crippen LogP contribution in [0.1, 0.15) is 57.8 Å². The van der Waals surface area contributed by atoms with Crippen molar-refractivity contribution in [1.82, 2.24) is 0 Å². The van der Waals surface area contributed by atoms with Crippen LogP contribution >= 0.6 is 0 Å². The largest absolute Gasteiger partial charge is 0.389 e. The topological polar surface area (TPSA) is 37.3 Å². The number of carbonyl (C=O) groups is 1. The summed E-state index contributed by atoms with van der Waals surface area (Å²) in [6.45, 7) is 0. The third kappa shape index (κ3) is 1.40. The predicted octanol–water partition coefficient (Wildman–Crippen LogP) is 2.44. The van der Waals surface area contributed by atoms with E-state index in [2.05, 4.69) is 0 Å². The maximum absolute atomic E-state index is 10.7. The van der Waals surface area contributed by atoms with Crippen LogP contribution in [0.5, 0.6) is 0 Å². The summed E-state index contributed by atoms with van der Waals surface area (Å²) in [5.41, 5.74) is -0.560. The SMILES string of the molecule is O=CCC1(O)CCCCC12CCCC2. The zero-order chi connectivity index (χ0) is 10.1. The fourth-order valence-corrected chi connectivity index (χ4v) is 3.60. The molecule has 2 fully saturated rings. The summed E-state index contributed by atoms with van der Waals surface area (Å²) in [4.78, 5) is 10.7. The molecule has 0 radical (unpaired) electrons. The zero-order valence-corrected chi connectivity index (χ0v) is 8.80. The van der Waals surface area contributed by atoms with Gasteiger partial charge in [-0.15, -0.1) is 0 Å². The van der Waals surface area contributed by atoms with Crippen molar-refractivity contribution in [2.45, 2.75) is 63.4 Å². The summed E-state index contributed by atoms with van der Waals surface area (Å²) < 4.78 is 0. The summed E-state index contributed by atoms with van der Waals surface area (Å²) in [5, 5.41) is 10.6. The third-order valence-corrected chi connectivity index (χ3v) is 4.46. The van der Waals surface area contributed by atoms with Crippen LogP contribution in [0.25, 0.3) is 0 Å². The van der Waals surface area contributed by atoms with E-state index in [1.807, 2.05) is 0 Å². The van der Waals surface area contributed by atoms with Gasteiger partial charge in [0.25, 0.3) is 0 Å². The maximum atomic E-state index is 10.7. The Bertz CT molecular complexity index is 218. The second-order valence-corrected chi connectivity index (χ2v) is 5.10. The van der Waals surface area contributed by atoms with E-state index in [4.69, 9.17) is 0 Å². The smallest absolute Gasteiger partial charge is 0.122 e. The fraction of sp³-hybridized carbons (Fsp3) is 0.917. The number of carbonyl (C=O) groups excluding carboxylic acids is 1. The highest BCUT2D eigenvalue weighted by molar-refractivity contribution is 5.52. The van der Waals surface area contributed by atoms with Crippen molar-refractivity contribution in [3.63, 3.8) is 0 Å². The highest BCUT2D eigenvalue weighted by Crippen LogP contribution is 2.55. The summed E-state index contributed by atoms with van der Waals surface area (Å²) in [6, 6.07) is 0. The van der Waals surface area contributed by atoms with Crippen LogP contribution in [0.2, 0.25) is 0 Å². The lowest BCUT2D eigenvalue weighted by Crippen LogP contribution is -2.49. The number of aliphatic hydroxyl groups is 1. The highest BCUT2D eigenvalue weighted by atomic mass is 16.3. The van der Waals surface area contributed by atoms with Gasteiger partial charge < -0.3 is 9.90 Å². The van der Waals surface area contributed by atoms with Crippen molar-refractivity contribution in [3.05, 3.63) is 0 Å². The first-order valence-corrected chi connectivity index (χ1v) is 5.89. The van der Waals surface area contributed by atoms with Crippen molar-refractivity contribution < 1.29 is 9.90 Å². The molecule has 2 aliphatic rings. The molecule has 0 saturated heterocycles. The summed E-state index contributed by atoms with van der Waals surface area (Å²) >= 11 is 0. The van der Waals surface area contributed by atoms with Crippen LogP contribution in [0.4, 0.5) is 0 Å². The van der Waals surface area contributed by atoms with Crippen molar-refractivity contribution in [2.24, 2.45) is 5.41 Å². The van der Waals surface area contributed by atoms with Gasteiger partial charge in [-0.2, -0.15) is 0 Å². The molecular weight excluding hydrogens is 176 g/mol. The summed E-state index contributed by atoms with van der Waals surface area (Å²) in [5.74, 6) is 0. The average molecular weight is 196 g/mol. The monoisotopic (exact) mass is 196 g/mol. The molecule has 0 amide bonds. The lowest BCUT2D eigenvalue weighted by atomic mass is 9.61. The Kier molecular flexibility index (Phi) is 2.65. The quantitative estimate of drug-likeness (QED) is 0.689. The van der Waals surface area contributed by atoms with Crippen LogP contribution in [0, 0.1) is 5.41 Å². The Morgan fingerprint density at radius 1 is 1.00 bits per heavy atom. The minimum absolute atomic E-state index is 0.103. The molecule has 0 bridgehead atoms. The van der Waals surface area contributed by atoms with Crippen LogP contribution in [-0.4, -0.2) is 17.0 Å². The van der Waals surface area contributed by atoms with Gasteiger partial charge in [0.1, 0.15) is 6.29 Å². The van der Waals surface area contributed by atoms with Crippen LogP contribution in [-0.2, 0) is 4.79 Å². The van der Waals surface area contributed by atoms with Crippen LogP contribution < -0.4 is 0 Å². The third-order valence-electron chi connectivity index (χ3n) is 4.46. The molecule has 1 unspecified atom stereocenters. The molecule has 80 valence electrons. The molecule has 1 N–H and O–H groups in total. The van der Waals surface area contributed by atoms with E-state index in [0.717, 1.165) is 38.4 Å². The van der Waals surface area contributed by atoms with Gasteiger partial charge in [0, 0.05) is 6.42 Å². The lowest BCUT2D eigenvalue weighted by Gasteiger charge is -2.48. The molecule has 2 aliphatic carbocycles. The molecular formula is C12H20O2. The fourth-order valence-electron chi connectivity index (χ4n) is 3.60. The van der Waals surface area contributed by atoms with E-state index in [1.54, 1.807) is 0 Å². The number of rotatable bonds is 2. The summed E-state index contributed by atoms with van der Waals surface area (Å²) in [7, 11) is 0. The Morgan fingerprint density at radius 3 is 2.00 bits per heavy atom. The van der Waals surface area contributed by atoms with Gasteiger partial charge in [-0.05, 0) is 31.1 Å². The van der Waals surface area contributed by atoms with Crippen LogP contribution in [0.15, 0.2) is 0 Å². The molecule has 2 heteroatoms. The van der Waals surface area contributed by atoms with Gasteiger partial charge in [-0.25, -0.2) is 0 Å². The minimum Gasteiger partial charge on any atom is -0.389 e. The van der Waals surface area contributed by atoms with E-state index < -0.39 is 5.60 Å². The second-order valence-electron chi connectivity index (χ2n) is 5.10. The van der Waals surface area contributed by atoms with Gasteiger partial charge in [0.15, 0.2) is 0 Å². The predicted molar refractivity (Wildman–Crippen MR) is 55.0 cm³/mol. The Morgan fingerprint density at radius 2 is 1.50 bits per heavy atom. The first kappa shape index (κ1) is 10.2. The van der Waals surface area contributed by atoms with E-state index in [1.165, 1.54) is 19.3 Å². The molecule has 0 aromatic heterocycles. The van der Waals surface area contributed by atoms with Gasteiger partial charge in [0.2, 0.25) is 0 Å². The van der Waals surface area contributed by atoms with Crippen molar-refractivity contribution in [3.8, 4) is 0 Å². The van der Waals surface area contributed by atoms with Gasteiger partial charge in [0.05, 0.1) is 5.60 Å². The highest BCUT2D eigenvalue weighted by Gasteiger charge is 2.52. The number of hydrogen-bond acceptors (Lipinski definition) is 2. The zero-order valence-electron chi connectivity index (χ0n) is 8.80. The van der Waals surface area contributed by atoms with Crippen molar-refractivity contribution in [1.29, 1.82) is 0 Å². The van der Waals surface area contributed by atoms with E-state index in [9.17, 15) is 9.90 Å². The second kappa shape index (κ2) is 3.65. The van der Waals surface area contributed by atoms with E-state index in [0.29, 0.717) is 6.42 Å². The van der Waals surface area contributed by atoms with Gasteiger partial charge in [-0.1, -0.05) is 25.7 Å². The molecule has 0 heterocycles. The Hall–Kier alpha value is -0.370. The molecule has 0 aliphatic heterocycles. The first-order valence-electron chi connectivity index (χ1n) is 5.89. The number of aldehydes is 1.